The van der Waals surface area contributed by atoms with Gasteiger partial charge in [0, 0.05) is 0 Å². The third kappa shape index (κ3) is 1.16. The molecule has 1 unspecified atom stereocenters. The van der Waals surface area contributed by atoms with Gasteiger partial charge < -0.3 is 0 Å². The summed E-state index contributed by atoms with van der Waals surface area (Å²) >= 11 is 0.118. The first-order valence-electron chi connectivity index (χ1n) is 2.50. The van der Waals surface area contributed by atoms with Gasteiger partial charge in [0.2, 0.25) is 0 Å². The summed E-state index contributed by atoms with van der Waals surface area (Å²) in [5.41, 5.74) is 1.59. The van der Waals surface area contributed by atoms with Gasteiger partial charge in [-0.2, -0.15) is 0 Å². The predicted molar refractivity (Wildman–Crippen MR) is 35.0 cm³/mol. The molecule has 1 rings (SSSR count). The van der Waals surface area contributed by atoms with Gasteiger partial charge >= 0.3 is 54.5 Å². The van der Waals surface area contributed by atoms with Crippen LogP contribution >= 0.6 is 0 Å². The van der Waals surface area contributed by atoms with Crippen LogP contribution in [0.3, 0.4) is 0 Å². The molecule has 1 aliphatic rings. The third-order valence-corrected chi connectivity index (χ3v) is 4.66. The fourth-order valence-corrected chi connectivity index (χ4v) is 3.12. The Morgan fingerprint density at radius 2 is 2.43 bits per heavy atom. The molecule has 0 bridgehead atoms. The second-order valence-electron chi connectivity index (χ2n) is 1.88. The van der Waals surface area contributed by atoms with Crippen LogP contribution in [-0.2, 0) is 0 Å². The van der Waals surface area contributed by atoms with Crippen molar-refractivity contribution in [2.75, 3.05) is 0 Å². The van der Waals surface area contributed by atoms with Crippen molar-refractivity contribution in [1.82, 2.24) is 0 Å². The second kappa shape index (κ2) is 2.13. The van der Waals surface area contributed by atoms with E-state index in [4.69, 9.17) is 0 Å². The molecule has 0 N–H and O–H groups in total. The molecule has 38 valence electrons. The van der Waals surface area contributed by atoms with Crippen molar-refractivity contribution in [3.05, 3.63) is 11.6 Å². The van der Waals surface area contributed by atoms with Gasteiger partial charge in [0.15, 0.2) is 0 Å². The fraction of sp³-hybridized carbons (Fsp3) is 0.500. The summed E-state index contributed by atoms with van der Waals surface area (Å²) in [4.78, 5) is 0. The monoisotopic (exact) mass is 202 g/mol. The minimum atomic E-state index is 0.118. The van der Waals surface area contributed by atoms with Crippen LogP contribution in [0.15, 0.2) is 11.6 Å². The summed E-state index contributed by atoms with van der Waals surface area (Å²) in [5.74, 6) is 0. The molecular formula is C6H9Sb. The van der Waals surface area contributed by atoms with Crippen LogP contribution in [0, 0.1) is 0 Å². The van der Waals surface area contributed by atoms with Crippen LogP contribution in [0.5, 0.6) is 0 Å². The predicted octanol–water partition coefficient (Wildman–Crippen LogP) is 1.26. The summed E-state index contributed by atoms with van der Waals surface area (Å²) in [6.07, 6.45) is 2.28. The molecule has 0 amide bonds. The van der Waals surface area contributed by atoms with Crippen LogP contribution in [0.4, 0.5) is 0 Å². The molecule has 0 spiro atoms. The molecule has 1 atom stereocenters. The Hall–Kier alpha value is 0.428. The first-order valence-corrected chi connectivity index (χ1v) is 5.45. The van der Waals surface area contributed by atoms with Crippen LogP contribution in [0.2, 0.25) is 3.86 Å². The third-order valence-electron chi connectivity index (χ3n) is 1.31. The zero-order valence-electron chi connectivity index (χ0n) is 4.68. The summed E-state index contributed by atoms with van der Waals surface area (Å²) in [7, 11) is 0. The van der Waals surface area contributed by atoms with Gasteiger partial charge in [-0.15, -0.1) is 0 Å². The number of allylic oxidation sites excluding steroid dienone is 2. The van der Waals surface area contributed by atoms with E-state index >= 15 is 0 Å². The quantitative estimate of drug-likeness (QED) is 0.520. The zero-order valence-corrected chi connectivity index (χ0v) is 7.23. The topological polar surface area (TPSA) is 0 Å². The molecule has 7 heavy (non-hydrogen) atoms. The Balaban J connectivity index is 2.69. The van der Waals surface area contributed by atoms with E-state index in [0.29, 0.717) is 0 Å². The van der Waals surface area contributed by atoms with Gasteiger partial charge in [-0.25, -0.2) is 0 Å². The van der Waals surface area contributed by atoms with E-state index in [1.807, 2.05) is 0 Å². The van der Waals surface area contributed by atoms with Crippen LogP contribution in [0.25, 0.3) is 0 Å². The molecule has 1 heteroatoms. The van der Waals surface area contributed by atoms with Crippen molar-refractivity contribution in [2.45, 2.75) is 17.7 Å². The van der Waals surface area contributed by atoms with Crippen molar-refractivity contribution >= 4 is 25.1 Å². The molecule has 0 radical (unpaired) electrons. The van der Waals surface area contributed by atoms with Gasteiger partial charge in [0.25, 0.3) is 0 Å². The van der Waals surface area contributed by atoms with E-state index < -0.39 is 0 Å². The molecule has 0 fully saturated rings. The number of hydrogen-bond donors (Lipinski definition) is 0. The standard InChI is InChI=1S/C6H9.Sb/c1-4-6(3)5-2;/h1,4-5H,2-3H3;. The molecule has 0 saturated heterocycles. The average molecular weight is 203 g/mol. The van der Waals surface area contributed by atoms with Crippen LogP contribution in [-0.4, -0.2) is 25.1 Å². The Morgan fingerprint density at radius 1 is 1.71 bits per heavy atom. The van der Waals surface area contributed by atoms with Gasteiger partial charge in [0.1, 0.15) is 0 Å². The van der Waals surface area contributed by atoms with Gasteiger partial charge in [-0.3, -0.25) is 0 Å². The van der Waals surface area contributed by atoms with E-state index in [2.05, 4.69) is 23.9 Å². The van der Waals surface area contributed by atoms with E-state index in [-0.39, 0.29) is 21.1 Å². The van der Waals surface area contributed by atoms with Crippen molar-refractivity contribution < 1.29 is 0 Å². The van der Waals surface area contributed by atoms with E-state index in [1.54, 1.807) is 5.57 Å². The molecule has 1 aliphatic heterocycles. The molecule has 1 heterocycles. The molecule has 0 aromatic rings. The Labute approximate surface area is 54.6 Å². The van der Waals surface area contributed by atoms with E-state index in [0.717, 1.165) is 3.86 Å². The Kier molecular flexibility index (Phi) is 1.69. The maximum absolute atomic E-state index is 2.39. The first-order chi connectivity index (χ1) is 3.30. The van der Waals surface area contributed by atoms with Crippen molar-refractivity contribution in [1.29, 1.82) is 0 Å². The molecule has 0 aliphatic carbocycles. The Morgan fingerprint density at radius 3 is 2.57 bits per heavy atom. The number of hydrogen-bond acceptors (Lipinski definition) is 0. The van der Waals surface area contributed by atoms with Crippen molar-refractivity contribution in [3.8, 4) is 0 Å². The molecule has 0 aromatic carbocycles. The van der Waals surface area contributed by atoms with Gasteiger partial charge in [-0.05, 0) is 0 Å². The first kappa shape index (κ1) is 5.56. The van der Waals surface area contributed by atoms with Crippen molar-refractivity contribution in [2.24, 2.45) is 0 Å². The zero-order chi connectivity index (χ0) is 5.28. The van der Waals surface area contributed by atoms with Crippen LogP contribution < -0.4 is 0 Å². The molecule has 0 nitrogen and oxygen atoms in total. The van der Waals surface area contributed by atoms with E-state index in [1.165, 1.54) is 0 Å². The summed E-state index contributed by atoms with van der Waals surface area (Å²) < 4.78 is 3.36. The molecule has 0 saturated carbocycles. The Bertz CT molecular complexity index is 122. The normalized spacial score (nSPS) is 28.3. The van der Waals surface area contributed by atoms with Gasteiger partial charge in [0.05, 0.1) is 0 Å². The summed E-state index contributed by atoms with van der Waals surface area (Å²) in [6, 6.07) is 0. The average Bonchev–Trinajstić information content (AvgIpc) is 1.91. The summed E-state index contributed by atoms with van der Waals surface area (Å²) in [6.45, 7) is 4.55. The van der Waals surface area contributed by atoms with Crippen molar-refractivity contribution in [3.63, 3.8) is 0 Å². The summed E-state index contributed by atoms with van der Waals surface area (Å²) in [5, 5.41) is 0. The molecular weight excluding hydrogens is 194 g/mol. The minimum absolute atomic E-state index is 0.118. The second-order valence-corrected chi connectivity index (χ2v) is 5.80. The molecule has 0 aromatic heterocycles. The number of rotatable bonds is 0. The van der Waals surface area contributed by atoms with Crippen LogP contribution in [0.1, 0.15) is 13.8 Å². The SMILES string of the molecule is CC1=C[CH]=[Sb][CH]1C. The van der Waals surface area contributed by atoms with E-state index in [9.17, 15) is 0 Å². The fourth-order valence-electron chi connectivity index (χ4n) is 0.547. The van der Waals surface area contributed by atoms with Gasteiger partial charge in [-0.1, -0.05) is 0 Å². The maximum atomic E-state index is 2.39.